The van der Waals surface area contributed by atoms with Crippen molar-refractivity contribution >= 4 is 11.8 Å². The molecule has 2 unspecified atom stereocenters. The zero-order chi connectivity index (χ0) is 13.2. The minimum absolute atomic E-state index is 0.186. The van der Waals surface area contributed by atoms with Crippen molar-refractivity contribution in [2.24, 2.45) is 5.41 Å². The Morgan fingerprint density at radius 2 is 2.28 bits per heavy atom. The average molecular weight is 269 g/mol. The molecule has 0 bridgehead atoms. The number of thioether (sulfide) groups is 1. The predicted molar refractivity (Wildman–Crippen MR) is 74.7 cm³/mol. The number of nitrogens with one attached hydrogen (secondary N) is 1. The monoisotopic (exact) mass is 269 g/mol. The molecule has 2 heterocycles. The maximum absolute atomic E-state index is 5.39. The van der Waals surface area contributed by atoms with Gasteiger partial charge >= 0.3 is 0 Å². The number of rotatable bonds is 4. The molecule has 1 aliphatic rings. The summed E-state index contributed by atoms with van der Waals surface area (Å²) in [5, 5.41) is 7.92. The molecule has 4 nitrogen and oxygen atoms in total. The first-order chi connectivity index (χ1) is 8.50. The predicted octanol–water partition coefficient (Wildman–Crippen LogP) is 2.81. The average Bonchev–Trinajstić information content (AvgIpc) is 2.94. The van der Waals surface area contributed by atoms with Gasteiger partial charge in [-0.1, -0.05) is 25.9 Å². The lowest BCUT2D eigenvalue weighted by molar-refractivity contribution is 0.255. The normalized spacial score (nSPS) is 22.3. The third-order valence-electron chi connectivity index (χ3n) is 3.47. The molecule has 2 rings (SSSR count). The number of hydrogen-bond donors (Lipinski definition) is 1. The summed E-state index contributed by atoms with van der Waals surface area (Å²) in [6.07, 6.45) is 3.24. The molecule has 1 fully saturated rings. The molecule has 1 saturated heterocycles. The summed E-state index contributed by atoms with van der Waals surface area (Å²) in [5.74, 6) is 2.86. The lowest BCUT2D eigenvalue weighted by Crippen LogP contribution is -2.39. The third kappa shape index (κ3) is 3.26. The van der Waals surface area contributed by atoms with Crippen molar-refractivity contribution in [1.82, 2.24) is 15.5 Å². The van der Waals surface area contributed by atoms with Crippen LogP contribution in [-0.4, -0.2) is 29.0 Å². The van der Waals surface area contributed by atoms with Gasteiger partial charge in [0.05, 0.1) is 5.25 Å². The van der Waals surface area contributed by atoms with E-state index in [-0.39, 0.29) is 5.41 Å². The highest BCUT2D eigenvalue weighted by Gasteiger charge is 2.27. The zero-order valence-electron chi connectivity index (χ0n) is 11.7. The summed E-state index contributed by atoms with van der Waals surface area (Å²) in [7, 11) is 1.99. The maximum atomic E-state index is 5.39. The van der Waals surface area contributed by atoms with Crippen LogP contribution in [0.25, 0.3) is 0 Å². The lowest BCUT2D eigenvalue weighted by Gasteiger charge is -2.29. The van der Waals surface area contributed by atoms with Crippen LogP contribution in [0.5, 0.6) is 0 Å². The van der Waals surface area contributed by atoms with Crippen LogP contribution in [0.1, 0.15) is 50.6 Å². The summed E-state index contributed by atoms with van der Waals surface area (Å²) in [4.78, 5) is 4.55. The molecule has 0 aromatic carbocycles. The van der Waals surface area contributed by atoms with Crippen molar-refractivity contribution in [3.63, 3.8) is 0 Å². The fourth-order valence-electron chi connectivity index (χ4n) is 2.28. The molecular formula is C13H23N3OS. The fourth-order valence-corrected chi connectivity index (χ4v) is 3.47. The van der Waals surface area contributed by atoms with E-state index in [4.69, 9.17) is 4.52 Å². The molecule has 18 heavy (non-hydrogen) atoms. The molecule has 5 heteroatoms. The highest BCUT2D eigenvalue weighted by atomic mass is 32.2. The smallest absolute Gasteiger partial charge is 0.228 e. The number of aromatic nitrogens is 2. The molecule has 2 atom stereocenters. The molecule has 1 aliphatic heterocycles. The second-order valence-electron chi connectivity index (χ2n) is 5.96. The van der Waals surface area contributed by atoms with Crippen LogP contribution in [-0.2, 0) is 6.42 Å². The van der Waals surface area contributed by atoms with E-state index in [0.29, 0.717) is 11.3 Å². The van der Waals surface area contributed by atoms with Crippen LogP contribution >= 0.6 is 11.8 Å². The first-order valence-corrected chi connectivity index (χ1v) is 7.67. The van der Waals surface area contributed by atoms with Crippen molar-refractivity contribution in [3.05, 3.63) is 11.7 Å². The van der Waals surface area contributed by atoms with Crippen molar-refractivity contribution in [3.8, 4) is 0 Å². The number of nitrogens with zero attached hydrogens (tertiary/aromatic N) is 2. The van der Waals surface area contributed by atoms with Crippen molar-refractivity contribution in [2.45, 2.75) is 51.3 Å². The van der Waals surface area contributed by atoms with E-state index in [1.54, 1.807) is 0 Å². The summed E-state index contributed by atoms with van der Waals surface area (Å²) in [6, 6.07) is 0.349. The molecule has 0 radical (unpaired) electrons. The largest absolute Gasteiger partial charge is 0.339 e. The summed E-state index contributed by atoms with van der Waals surface area (Å²) >= 11 is 1.94. The standard InChI is InChI=1S/C13H23N3OS/c1-13(2,3)10(14-4)8-11-15-12(16-17-11)9-6-5-7-18-9/h9-10,14H,5-8H2,1-4H3. The SMILES string of the molecule is CNC(Cc1nc(C2CCCS2)no1)C(C)(C)C. The van der Waals surface area contributed by atoms with Crippen LogP contribution in [0.3, 0.4) is 0 Å². The molecule has 1 N–H and O–H groups in total. The number of likely N-dealkylation sites (N-methyl/N-ethyl adjacent to an activating group) is 1. The molecule has 1 aromatic rings. The molecule has 1 aromatic heterocycles. The summed E-state index contributed by atoms with van der Waals surface area (Å²) in [5.41, 5.74) is 0.186. The first-order valence-electron chi connectivity index (χ1n) is 6.62. The van der Waals surface area contributed by atoms with Crippen LogP contribution < -0.4 is 5.32 Å². The Kier molecular flexibility index (Phi) is 4.33. The second kappa shape index (κ2) is 5.61. The van der Waals surface area contributed by atoms with Gasteiger partial charge in [-0.3, -0.25) is 0 Å². The van der Waals surface area contributed by atoms with Crippen molar-refractivity contribution in [2.75, 3.05) is 12.8 Å². The van der Waals surface area contributed by atoms with Gasteiger partial charge in [-0.25, -0.2) is 0 Å². The minimum atomic E-state index is 0.186. The fraction of sp³-hybridized carbons (Fsp3) is 0.846. The van der Waals surface area contributed by atoms with E-state index in [9.17, 15) is 0 Å². The van der Waals surface area contributed by atoms with Crippen LogP contribution in [0, 0.1) is 5.41 Å². The second-order valence-corrected chi connectivity index (χ2v) is 7.27. The highest BCUT2D eigenvalue weighted by Crippen LogP contribution is 2.38. The Morgan fingerprint density at radius 1 is 1.50 bits per heavy atom. The molecular weight excluding hydrogens is 246 g/mol. The molecule has 102 valence electrons. The Hall–Kier alpha value is -0.550. The zero-order valence-corrected chi connectivity index (χ0v) is 12.5. The molecule has 0 spiro atoms. The van der Waals surface area contributed by atoms with Crippen molar-refractivity contribution < 1.29 is 4.52 Å². The summed E-state index contributed by atoms with van der Waals surface area (Å²) < 4.78 is 5.39. The summed E-state index contributed by atoms with van der Waals surface area (Å²) in [6.45, 7) is 6.66. The van der Waals surface area contributed by atoms with Gasteiger partial charge in [0.15, 0.2) is 5.82 Å². The minimum Gasteiger partial charge on any atom is -0.339 e. The van der Waals surface area contributed by atoms with E-state index in [1.165, 1.54) is 18.6 Å². The van der Waals surface area contributed by atoms with Crippen molar-refractivity contribution in [1.29, 1.82) is 0 Å². The van der Waals surface area contributed by atoms with E-state index in [1.807, 2.05) is 18.8 Å². The van der Waals surface area contributed by atoms with Gasteiger partial charge in [0.2, 0.25) is 5.89 Å². The van der Waals surface area contributed by atoms with Gasteiger partial charge in [0.25, 0.3) is 0 Å². The molecule has 0 saturated carbocycles. The Balaban J connectivity index is 2.01. The van der Waals surface area contributed by atoms with Crippen LogP contribution in [0.15, 0.2) is 4.52 Å². The Bertz CT molecular complexity index is 380. The lowest BCUT2D eigenvalue weighted by atomic mass is 9.85. The quantitative estimate of drug-likeness (QED) is 0.911. The van der Waals surface area contributed by atoms with E-state index in [2.05, 4.69) is 36.2 Å². The van der Waals surface area contributed by atoms with E-state index in [0.717, 1.165) is 18.1 Å². The van der Waals surface area contributed by atoms with Gasteiger partial charge in [-0.15, -0.1) is 0 Å². The molecule has 0 amide bonds. The third-order valence-corrected chi connectivity index (χ3v) is 4.85. The van der Waals surface area contributed by atoms with Gasteiger partial charge in [0, 0.05) is 12.5 Å². The van der Waals surface area contributed by atoms with Gasteiger partial charge < -0.3 is 9.84 Å². The topological polar surface area (TPSA) is 51.0 Å². The van der Waals surface area contributed by atoms with Gasteiger partial charge in [0.1, 0.15) is 0 Å². The van der Waals surface area contributed by atoms with Gasteiger partial charge in [-0.2, -0.15) is 16.7 Å². The van der Waals surface area contributed by atoms with E-state index >= 15 is 0 Å². The van der Waals surface area contributed by atoms with Crippen LogP contribution in [0.2, 0.25) is 0 Å². The first kappa shape index (κ1) is 13.9. The molecule has 0 aliphatic carbocycles. The van der Waals surface area contributed by atoms with E-state index < -0.39 is 0 Å². The highest BCUT2D eigenvalue weighted by molar-refractivity contribution is 7.99. The maximum Gasteiger partial charge on any atom is 0.228 e. The number of hydrogen-bond acceptors (Lipinski definition) is 5. The Morgan fingerprint density at radius 3 is 2.83 bits per heavy atom. The van der Waals surface area contributed by atoms with Crippen LogP contribution in [0.4, 0.5) is 0 Å². The Labute approximate surface area is 113 Å². The van der Waals surface area contributed by atoms with Gasteiger partial charge in [-0.05, 0) is 31.1 Å².